The first-order chi connectivity index (χ1) is 13.1. The first-order valence-electron chi connectivity index (χ1n) is 8.99. The highest BCUT2D eigenvalue weighted by atomic mass is 16.3. The van der Waals surface area contributed by atoms with Gasteiger partial charge in [-0.25, -0.2) is 0 Å². The molecule has 0 spiro atoms. The van der Waals surface area contributed by atoms with E-state index < -0.39 is 18.1 Å². The fourth-order valence-corrected chi connectivity index (χ4v) is 3.29. The number of carbonyl (C=O) groups excluding carboxylic acids is 1. The first kappa shape index (κ1) is 18.8. The molecule has 3 rings (SSSR count). The van der Waals surface area contributed by atoms with Crippen molar-refractivity contribution in [3.05, 3.63) is 108 Å². The van der Waals surface area contributed by atoms with E-state index in [1.807, 2.05) is 91.0 Å². The van der Waals surface area contributed by atoms with Gasteiger partial charge in [-0.2, -0.15) is 0 Å². The summed E-state index contributed by atoms with van der Waals surface area (Å²) in [6.07, 6.45) is -1.31. The minimum absolute atomic E-state index is 0.538. The Balaban J connectivity index is 1.99. The van der Waals surface area contributed by atoms with Crippen molar-refractivity contribution in [1.82, 2.24) is 4.90 Å². The van der Waals surface area contributed by atoms with Gasteiger partial charge in [-0.15, -0.1) is 0 Å². The van der Waals surface area contributed by atoms with Crippen LogP contribution in [0.2, 0.25) is 0 Å². The van der Waals surface area contributed by atoms with Crippen LogP contribution in [0.15, 0.2) is 91.0 Å². The number of hydrogen-bond acceptors (Lipinski definition) is 3. The van der Waals surface area contributed by atoms with Crippen molar-refractivity contribution in [3.8, 4) is 0 Å². The topological polar surface area (TPSA) is 66.6 Å². The van der Waals surface area contributed by atoms with E-state index in [-0.39, 0.29) is 0 Å². The average molecular weight is 360 g/mol. The Hall–Kier alpha value is -2.95. The van der Waals surface area contributed by atoms with Gasteiger partial charge < -0.3 is 10.8 Å². The number of carbonyl (C=O) groups is 1. The van der Waals surface area contributed by atoms with Gasteiger partial charge in [0.25, 0.3) is 0 Å². The number of rotatable bonds is 8. The molecule has 0 aliphatic carbocycles. The molecule has 3 aromatic carbocycles. The van der Waals surface area contributed by atoms with Crippen LogP contribution in [0.25, 0.3) is 0 Å². The Morgan fingerprint density at radius 1 is 0.778 bits per heavy atom. The number of hydrogen-bond donors (Lipinski definition) is 2. The summed E-state index contributed by atoms with van der Waals surface area (Å²) in [7, 11) is 0. The lowest BCUT2D eigenvalue weighted by atomic mass is 9.97. The van der Waals surface area contributed by atoms with Gasteiger partial charge in [0.2, 0.25) is 5.91 Å². The Kier molecular flexibility index (Phi) is 6.36. The Labute approximate surface area is 159 Å². The normalized spacial score (nSPS) is 13.3. The maximum atomic E-state index is 11.9. The summed E-state index contributed by atoms with van der Waals surface area (Å²) in [6, 6.07) is 29.0. The molecule has 4 heteroatoms. The van der Waals surface area contributed by atoms with E-state index in [1.165, 1.54) is 0 Å². The van der Waals surface area contributed by atoms with Gasteiger partial charge >= 0.3 is 0 Å². The van der Waals surface area contributed by atoms with Crippen LogP contribution in [-0.4, -0.2) is 22.0 Å². The van der Waals surface area contributed by atoms with E-state index >= 15 is 0 Å². The van der Waals surface area contributed by atoms with Crippen molar-refractivity contribution in [2.45, 2.75) is 25.2 Å². The fraction of sp³-hybridized carbons (Fsp3) is 0.174. The van der Waals surface area contributed by atoms with E-state index in [2.05, 4.69) is 4.90 Å². The van der Waals surface area contributed by atoms with Crippen molar-refractivity contribution in [2.24, 2.45) is 5.73 Å². The van der Waals surface area contributed by atoms with Crippen LogP contribution >= 0.6 is 0 Å². The lowest BCUT2D eigenvalue weighted by Gasteiger charge is -2.34. The number of aliphatic hydroxyl groups is 1. The molecular weight excluding hydrogens is 336 g/mol. The molecule has 0 heterocycles. The maximum Gasteiger partial charge on any atom is 0.248 e. The highest BCUT2D eigenvalue weighted by Crippen LogP contribution is 2.28. The standard InChI is InChI=1S/C23H24N2O2/c24-23(27)22(26)21(20-14-8-3-9-15-20)25(16-18-10-4-1-5-11-18)17-19-12-6-2-7-13-19/h1-15,21-22,26H,16-17H2,(H2,24,27)/t21-,22+/m0/s1. The van der Waals surface area contributed by atoms with Crippen LogP contribution in [0.1, 0.15) is 22.7 Å². The van der Waals surface area contributed by atoms with Crippen molar-refractivity contribution >= 4 is 5.91 Å². The lowest BCUT2D eigenvalue weighted by molar-refractivity contribution is -0.130. The SMILES string of the molecule is NC(=O)[C@H](O)[C@H](c1ccccc1)N(Cc1ccccc1)Cc1ccccc1. The van der Waals surface area contributed by atoms with Gasteiger partial charge in [0.15, 0.2) is 6.10 Å². The molecule has 3 N–H and O–H groups in total. The molecule has 0 aliphatic heterocycles. The van der Waals surface area contributed by atoms with Gasteiger partial charge in [-0.3, -0.25) is 9.69 Å². The monoisotopic (exact) mass is 360 g/mol. The highest BCUT2D eigenvalue weighted by Gasteiger charge is 2.31. The number of nitrogens with zero attached hydrogens (tertiary/aromatic N) is 1. The summed E-state index contributed by atoms with van der Waals surface area (Å²) in [6.45, 7) is 1.17. The van der Waals surface area contributed by atoms with Gasteiger partial charge in [0.1, 0.15) is 0 Å². The van der Waals surface area contributed by atoms with Gasteiger partial charge in [-0.05, 0) is 16.7 Å². The number of benzene rings is 3. The number of nitrogens with two attached hydrogens (primary N) is 1. The third-order valence-electron chi connectivity index (χ3n) is 4.58. The summed E-state index contributed by atoms with van der Waals surface area (Å²) in [5.74, 6) is -0.727. The molecule has 0 aromatic heterocycles. The molecule has 3 aromatic rings. The Morgan fingerprint density at radius 3 is 1.59 bits per heavy atom. The predicted octanol–water partition coefficient (Wildman–Crippen LogP) is 3.28. The molecule has 0 saturated carbocycles. The van der Waals surface area contributed by atoms with Crippen molar-refractivity contribution in [1.29, 1.82) is 0 Å². The minimum atomic E-state index is -1.31. The molecule has 0 bridgehead atoms. The summed E-state index contributed by atoms with van der Waals surface area (Å²) in [5.41, 5.74) is 8.55. The van der Waals surface area contributed by atoms with Crippen LogP contribution in [0.3, 0.4) is 0 Å². The van der Waals surface area contributed by atoms with E-state index in [0.717, 1.165) is 16.7 Å². The molecule has 27 heavy (non-hydrogen) atoms. The first-order valence-corrected chi connectivity index (χ1v) is 8.99. The van der Waals surface area contributed by atoms with Crippen LogP contribution in [0.4, 0.5) is 0 Å². The number of primary amides is 1. The van der Waals surface area contributed by atoms with Gasteiger partial charge in [-0.1, -0.05) is 91.0 Å². The molecule has 0 fully saturated rings. The van der Waals surface area contributed by atoms with Crippen molar-refractivity contribution in [2.75, 3.05) is 0 Å². The lowest BCUT2D eigenvalue weighted by Crippen LogP contribution is -2.42. The molecule has 4 nitrogen and oxygen atoms in total. The third kappa shape index (κ3) is 5.03. The van der Waals surface area contributed by atoms with E-state index in [4.69, 9.17) is 5.73 Å². The molecule has 0 unspecified atom stereocenters. The smallest absolute Gasteiger partial charge is 0.248 e. The quantitative estimate of drug-likeness (QED) is 0.648. The zero-order valence-electron chi connectivity index (χ0n) is 15.1. The maximum absolute atomic E-state index is 11.9. The molecule has 0 saturated heterocycles. The summed E-state index contributed by atoms with van der Waals surface area (Å²) >= 11 is 0. The molecule has 0 aliphatic rings. The Morgan fingerprint density at radius 2 is 1.19 bits per heavy atom. The summed E-state index contributed by atoms with van der Waals surface area (Å²) < 4.78 is 0. The van der Waals surface area contributed by atoms with Crippen LogP contribution < -0.4 is 5.73 Å². The second kappa shape index (κ2) is 9.12. The predicted molar refractivity (Wildman–Crippen MR) is 107 cm³/mol. The second-order valence-corrected chi connectivity index (χ2v) is 6.58. The van der Waals surface area contributed by atoms with E-state index in [1.54, 1.807) is 0 Å². The fourth-order valence-electron chi connectivity index (χ4n) is 3.29. The Bertz CT molecular complexity index is 797. The molecule has 2 atom stereocenters. The average Bonchev–Trinajstić information content (AvgIpc) is 2.70. The van der Waals surface area contributed by atoms with Crippen LogP contribution in [0, 0.1) is 0 Å². The highest BCUT2D eigenvalue weighted by molar-refractivity contribution is 5.79. The second-order valence-electron chi connectivity index (χ2n) is 6.58. The zero-order valence-corrected chi connectivity index (χ0v) is 15.1. The van der Waals surface area contributed by atoms with Crippen LogP contribution in [0.5, 0.6) is 0 Å². The van der Waals surface area contributed by atoms with E-state index in [0.29, 0.717) is 13.1 Å². The molecule has 1 amide bonds. The van der Waals surface area contributed by atoms with Crippen molar-refractivity contribution < 1.29 is 9.90 Å². The summed E-state index contributed by atoms with van der Waals surface area (Å²) in [4.78, 5) is 14.0. The summed E-state index contributed by atoms with van der Waals surface area (Å²) in [5, 5.41) is 10.6. The van der Waals surface area contributed by atoms with Gasteiger partial charge in [0, 0.05) is 13.1 Å². The molecular formula is C23H24N2O2. The number of aliphatic hydroxyl groups excluding tert-OH is 1. The third-order valence-corrected chi connectivity index (χ3v) is 4.58. The van der Waals surface area contributed by atoms with Crippen LogP contribution in [-0.2, 0) is 17.9 Å². The number of amides is 1. The van der Waals surface area contributed by atoms with E-state index in [9.17, 15) is 9.90 Å². The molecule has 138 valence electrons. The zero-order chi connectivity index (χ0) is 19.1. The van der Waals surface area contributed by atoms with Crippen molar-refractivity contribution in [3.63, 3.8) is 0 Å². The molecule has 0 radical (unpaired) electrons. The van der Waals surface area contributed by atoms with Gasteiger partial charge in [0.05, 0.1) is 6.04 Å². The largest absolute Gasteiger partial charge is 0.381 e. The minimum Gasteiger partial charge on any atom is -0.381 e.